The predicted octanol–water partition coefficient (Wildman–Crippen LogP) is 4.38. The van der Waals surface area contributed by atoms with Gasteiger partial charge in [0.25, 0.3) is 5.56 Å². The minimum Gasteiger partial charge on any atom is -0.465 e. The Kier molecular flexibility index (Phi) is 7.33. The molecule has 0 aliphatic heterocycles. The lowest BCUT2D eigenvalue weighted by molar-refractivity contribution is 0.0600. The third kappa shape index (κ3) is 5.55. The first-order valence-corrected chi connectivity index (χ1v) is 10.8. The van der Waals surface area contributed by atoms with E-state index in [1.807, 2.05) is 12.1 Å². The molecule has 10 nitrogen and oxygen atoms in total. The van der Waals surface area contributed by atoms with E-state index in [0.717, 1.165) is 0 Å². The molecule has 2 aromatic carbocycles. The van der Waals surface area contributed by atoms with Crippen LogP contribution in [-0.2, 0) is 4.74 Å². The fourth-order valence-electron chi connectivity index (χ4n) is 3.11. The van der Waals surface area contributed by atoms with Crippen LogP contribution in [0.15, 0.2) is 76.8 Å². The van der Waals surface area contributed by atoms with Gasteiger partial charge in [-0.15, -0.1) is 0 Å². The van der Waals surface area contributed by atoms with Gasteiger partial charge in [-0.05, 0) is 29.8 Å². The van der Waals surface area contributed by atoms with Gasteiger partial charge in [0.05, 0.1) is 29.6 Å². The van der Waals surface area contributed by atoms with E-state index in [0.29, 0.717) is 22.4 Å². The molecule has 2 heterocycles. The number of H-pyrrole nitrogens is 1. The minimum atomic E-state index is -0.585. The third-order valence-corrected chi connectivity index (χ3v) is 5.08. The highest BCUT2D eigenvalue weighted by atomic mass is 35.5. The van der Waals surface area contributed by atoms with Gasteiger partial charge in [0.15, 0.2) is 0 Å². The molecule has 4 rings (SSSR count). The molecule has 0 bridgehead atoms. The van der Waals surface area contributed by atoms with Crippen LogP contribution >= 0.6 is 11.6 Å². The Hall–Kier alpha value is -5.01. The topological polar surface area (TPSA) is 142 Å². The van der Waals surface area contributed by atoms with Gasteiger partial charge in [-0.3, -0.25) is 9.78 Å². The van der Waals surface area contributed by atoms with Gasteiger partial charge in [0, 0.05) is 17.8 Å². The normalized spacial score (nSPS) is 10.6. The number of hydrazone groups is 1. The molecule has 178 valence electrons. The smallest absolute Gasteiger partial charge is 0.338 e. The molecule has 2 aromatic heterocycles. The molecular weight excluding hydrogens is 484 g/mol. The Morgan fingerprint density at radius 3 is 2.72 bits per heavy atom. The average molecular weight is 501 g/mol. The van der Waals surface area contributed by atoms with Crippen molar-refractivity contribution in [2.45, 2.75) is 0 Å². The highest BCUT2D eigenvalue weighted by Crippen LogP contribution is 2.29. The fourth-order valence-corrected chi connectivity index (χ4v) is 3.33. The Morgan fingerprint density at radius 2 is 2.00 bits per heavy atom. The number of rotatable bonds is 7. The van der Waals surface area contributed by atoms with Gasteiger partial charge in [0.1, 0.15) is 17.4 Å². The molecule has 4 aromatic rings. The molecule has 0 amide bonds. The van der Waals surface area contributed by atoms with E-state index in [2.05, 4.69) is 25.5 Å². The van der Waals surface area contributed by atoms with Crippen molar-refractivity contribution in [1.82, 2.24) is 15.0 Å². The number of nitrogens with zero attached hydrogens (tertiary/aromatic N) is 4. The third-order valence-electron chi connectivity index (χ3n) is 4.79. The van der Waals surface area contributed by atoms with Crippen LogP contribution in [0.3, 0.4) is 0 Å². The van der Waals surface area contributed by atoms with Gasteiger partial charge in [0.2, 0.25) is 11.8 Å². The Balaban J connectivity index is 1.49. The lowest BCUT2D eigenvalue weighted by Crippen LogP contribution is -2.16. The van der Waals surface area contributed by atoms with Crippen LogP contribution in [0.5, 0.6) is 11.6 Å². The minimum absolute atomic E-state index is 0.0664. The number of hydrogen-bond acceptors (Lipinski definition) is 9. The summed E-state index contributed by atoms with van der Waals surface area (Å²) in [5.41, 5.74) is 3.76. The molecule has 0 unspecified atom stereocenters. The number of carbonyl (C=O) groups is 1. The van der Waals surface area contributed by atoms with E-state index in [4.69, 9.17) is 21.1 Å². The molecule has 0 atom stereocenters. The summed E-state index contributed by atoms with van der Waals surface area (Å²) in [5.74, 6) is 0.0490. The van der Waals surface area contributed by atoms with Crippen LogP contribution in [-0.4, -0.2) is 34.2 Å². The monoisotopic (exact) mass is 500 g/mol. The van der Waals surface area contributed by atoms with E-state index in [1.54, 1.807) is 42.5 Å². The van der Waals surface area contributed by atoms with Crippen molar-refractivity contribution in [3.05, 3.63) is 98.9 Å². The summed E-state index contributed by atoms with van der Waals surface area (Å²) in [5, 5.41) is 13.7. The van der Waals surface area contributed by atoms with Crippen LogP contribution in [0.2, 0.25) is 5.02 Å². The van der Waals surface area contributed by atoms with Crippen LogP contribution in [0.1, 0.15) is 21.5 Å². The van der Waals surface area contributed by atoms with Crippen molar-refractivity contribution in [2.24, 2.45) is 5.10 Å². The molecule has 36 heavy (non-hydrogen) atoms. The number of nitriles is 1. The number of nitrogens with one attached hydrogen (secondary N) is 2. The van der Waals surface area contributed by atoms with Gasteiger partial charge in [-0.25, -0.2) is 20.2 Å². The van der Waals surface area contributed by atoms with Crippen LogP contribution in [0.4, 0.5) is 5.95 Å². The Labute approximate surface area is 209 Å². The first-order valence-electron chi connectivity index (χ1n) is 10.4. The maximum Gasteiger partial charge on any atom is 0.338 e. The average Bonchev–Trinajstić information content (AvgIpc) is 2.90. The van der Waals surface area contributed by atoms with E-state index in [-0.39, 0.29) is 28.1 Å². The van der Waals surface area contributed by atoms with E-state index >= 15 is 0 Å². The van der Waals surface area contributed by atoms with E-state index < -0.39 is 11.5 Å². The van der Waals surface area contributed by atoms with Crippen LogP contribution in [0, 0.1) is 11.3 Å². The van der Waals surface area contributed by atoms with Crippen molar-refractivity contribution in [1.29, 1.82) is 5.26 Å². The standard InChI is InChI=1S/C25H17ClN6O4/c1-35-24(34)17-9-10-28-21(12-17)36-20-8-7-15(11-19(20)26)14-29-32-25-30-22(16-5-3-2-4-6-16)18(13-27)23(33)31-25/h2-12,14H,1H3,(H2,30,31,32,33). The summed E-state index contributed by atoms with van der Waals surface area (Å²) in [4.78, 5) is 34.9. The molecule has 0 saturated carbocycles. The second-order valence-corrected chi connectivity index (χ2v) is 7.56. The molecule has 2 N–H and O–H groups in total. The lowest BCUT2D eigenvalue weighted by atomic mass is 10.1. The molecule has 0 radical (unpaired) electrons. The van der Waals surface area contributed by atoms with Gasteiger partial charge >= 0.3 is 5.97 Å². The van der Waals surface area contributed by atoms with Gasteiger partial charge < -0.3 is 9.47 Å². The SMILES string of the molecule is COC(=O)c1ccnc(Oc2ccc(C=NNc3nc(-c4ccccc4)c(C#N)c(=O)[nH]3)cc2Cl)c1. The molecule has 0 aliphatic carbocycles. The van der Waals surface area contributed by atoms with Crippen molar-refractivity contribution in [3.63, 3.8) is 0 Å². The second kappa shape index (κ2) is 10.9. The largest absolute Gasteiger partial charge is 0.465 e. The predicted molar refractivity (Wildman–Crippen MR) is 133 cm³/mol. The Morgan fingerprint density at radius 1 is 1.19 bits per heavy atom. The number of halogens is 1. The van der Waals surface area contributed by atoms with Crippen molar-refractivity contribution < 1.29 is 14.3 Å². The first-order chi connectivity index (χ1) is 17.5. The van der Waals surface area contributed by atoms with Gasteiger partial charge in [-0.2, -0.15) is 10.4 Å². The Bertz CT molecular complexity index is 1550. The second-order valence-electron chi connectivity index (χ2n) is 7.15. The number of anilines is 1. The summed E-state index contributed by atoms with van der Waals surface area (Å²) >= 11 is 6.33. The van der Waals surface area contributed by atoms with Gasteiger partial charge in [-0.1, -0.05) is 41.9 Å². The zero-order valence-corrected chi connectivity index (χ0v) is 19.5. The summed E-state index contributed by atoms with van der Waals surface area (Å²) in [6.45, 7) is 0. The zero-order valence-electron chi connectivity index (χ0n) is 18.7. The number of esters is 1. The number of ether oxygens (including phenoxy) is 2. The molecular formula is C25H17ClN6O4. The maximum atomic E-state index is 12.3. The number of aromatic nitrogens is 3. The quantitative estimate of drug-likeness (QED) is 0.216. The number of benzene rings is 2. The molecule has 11 heteroatoms. The van der Waals surface area contributed by atoms with Crippen molar-refractivity contribution in [2.75, 3.05) is 12.5 Å². The summed E-state index contributed by atoms with van der Waals surface area (Å²) < 4.78 is 10.4. The summed E-state index contributed by atoms with van der Waals surface area (Å²) in [7, 11) is 1.28. The lowest BCUT2D eigenvalue weighted by Gasteiger charge is -2.08. The molecule has 0 saturated heterocycles. The van der Waals surface area contributed by atoms with Crippen molar-refractivity contribution in [3.8, 4) is 29.0 Å². The molecule has 0 aliphatic rings. The van der Waals surface area contributed by atoms with Crippen LogP contribution < -0.4 is 15.7 Å². The van der Waals surface area contributed by atoms with E-state index in [1.165, 1.54) is 31.7 Å². The number of pyridine rings is 1. The highest BCUT2D eigenvalue weighted by Gasteiger charge is 2.13. The zero-order chi connectivity index (χ0) is 25.5. The maximum absolute atomic E-state index is 12.3. The van der Waals surface area contributed by atoms with Crippen molar-refractivity contribution >= 4 is 29.7 Å². The number of carbonyl (C=O) groups excluding carboxylic acids is 1. The fraction of sp³-hybridized carbons (Fsp3) is 0.0400. The summed E-state index contributed by atoms with van der Waals surface area (Å²) in [6, 6.07) is 18.7. The van der Waals surface area contributed by atoms with Crippen LogP contribution in [0.25, 0.3) is 11.3 Å². The van der Waals surface area contributed by atoms with E-state index in [9.17, 15) is 14.9 Å². The number of aromatic amines is 1. The summed E-state index contributed by atoms with van der Waals surface area (Å²) in [6.07, 6.45) is 2.89. The highest BCUT2D eigenvalue weighted by molar-refractivity contribution is 6.32. The first kappa shape index (κ1) is 24.1. The molecule has 0 fully saturated rings. The number of hydrogen-bond donors (Lipinski definition) is 2. The molecule has 0 spiro atoms. The number of methoxy groups -OCH3 is 1.